The van der Waals surface area contributed by atoms with Gasteiger partial charge in [-0.25, -0.2) is 9.98 Å². The Balaban J connectivity index is 0.00000612. The Bertz CT molecular complexity index is 1080. The van der Waals surface area contributed by atoms with E-state index in [0.29, 0.717) is 11.1 Å². The van der Waals surface area contributed by atoms with Crippen LogP contribution in [0.15, 0.2) is 57.8 Å². The maximum atomic E-state index is 10.3. The molecule has 9 heteroatoms. The van der Waals surface area contributed by atoms with E-state index < -0.39 is 0 Å². The molecule has 2 N–H and O–H groups in total. The summed E-state index contributed by atoms with van der Waals surface area (Å²) in [5, 5.41) is 39.7. The Morgan fingerprint density at radius 3 is 1.34 bits per heavy atom. The quantitative estimate of drug-likeness (QED) is 0.271. The SMILES string of the molecule is CCN(CC)c1ccc(C=N/C(C#N)=C(/C#N)N=Cc2ccc(N(CC)CC)cc2O)c(O)c1.[Ni]. The molecule has 0 aromatic heterocycles. The summed E-state index contributed by atoms with van der Waals surface area (Å²) in [7, 11) is 0. The fourth-order valence-corrected chi connectivity index (χ4v) is 3.41. The van der Waals surface area contributed by atoms with Crippen molar-refractivity contribution in [3.8, 4) is 23.6 Å². The molecule has 0 radical (unpaired) electrons. The Morgan fingerprint density at radius 2 is 1.09 bits per heavy atom. The van der Waals surface area contributed by atoms with Crippen LogP contribution in [0.4, 0.5) is 11.4 Å². The van der Waals surface area contributed by atoms with Crippen molar-refractivity contribution in [1.82, 2.24) is 0 Å². The Labute approximate surface area is 217 Å². The van der Waals surface area contributed by atoms with Gasteiger partial charge in [0.1, 0.15) is 23.6 Å². The summed E-state index contributed by atoms with van der Waals surface area (Å²) in [4.78, 5) is 12.3. The second-order valence-corrected chi connectivity index (χ2v) is 7.27. The third kappa shape index (κ3) is 7.60. The van der Waals surface area contributed by atoms with Gasteiger partial charge in [-0.1, -0.05) is 0 Å². The van der Waals surface area contributed by atoms with E-state index in [1.165, 1.54) is 12.4 Å². The van der Waals surface area contributed by atoms with E-state index in [0.717, 1.165) is 37.6 Å². The summed E-state index contributed by atoms with van der Waals surface area (Å²) in [6.45, 7) is 11.4. The van der Waals surface area contributed by atoms with E-state index in [4.69, 9.17) is 0 Å². The molecule has 2 aromatic rings. The molecule has 0 heterocycles. The number of hydrogen-bond acceptors (Lipinski definition) is 8. The molecule has 8 nitrogen and oxygen atoms in total. The fourth-order valence-electron chi connectivity index (χ4n) is 3.41. The van der Waals surface area contributed by atoms with Crippen LogP contribution >= 0.6 is 0 Å². The number of benzene rings is 2. The molecule has 0 fully saturated rings. The molecule has 0 saturated heterocycles. The second-order valence-electron chi connectivity index (χ2n) is 7.27. The number of hydrogen-bond donors (Lipinski definition) is 2. The van der Waals surface area contributed by atoms with E-state index >= 15 is 0 Å². The van der Waals surface area contributed by atoms with E-state index in [1.54, 1.807) is 24.3 Å². The standard InChI is InChI=1S/C26H30N6O2.Ni/c1-5-31(6-2)21-11-9-19(25(33)13-21)17-29-23(15-27)24(16-28)30-18-20-10-12-22(14-26(20)34)32(7-3)8-4;/h9-14,17-18,33-34H,5-8H2,1-4H3;/b24-23-,29-17?,30-18?;. The Kier molecular flexibility index (Phi) is 12.1. The minimum Gasteiger partial charge on any atom is -0.507 e. The van der Waals surface area contributed by atoms with Gasteiger partial charge in [0.05, 0.1) is 0 Å². The molecule has 0 aliphatic carbocycles. The van der Waals surface area contributed by atoms with Crippen LogP contribution in [0.25, 0.3) is 0 Å². The van der Waals surface area contributed by atoms with Gasteiger partial charge >= 0.3 is 0 Å². The molecule has 35 heavy (non-hydrogen) atoms. The van der Waals surface area contributed by atoms with Crippen molar-refractivity contribution in [1.29, 1.82) is 10.5 Å². The number of phenols is 2. The predicted octanol–water partition coefficient (Wildman–Crippen LogP) is 4.58. The van der Waals surface area contributed by atoms with Gasteiger partial charge in [-0.15, -0.1) is 0 Å². The number of anilines is 2. The van der Waals surface area contributed by atoms with Crippen LogP contribution in [0.2, 0.25) is 0 Å². The first kappa shape index (κ1) is 29.2. The number of rotatable bonds is 10. The molecule has 0 amide bonds. The zero-order valence-electron chi connectivity index (χ0n) is 20.3. The predicted molar refractivity (Wildman–Crippen MR) is 137 cm³/mol. The molecule has 2 rings (SSSR count). The van der Waals surface area contributed by atoms with Gasteiger partial charge in [0, 0.05) is 89.7 Å². The van der Waals surface area contributed by atoms with Crippen LogP contribution in [0.3, 0.4) is 0 Å². The first-order chi connectivity index (χ1) is 16.4. The molecule has 2 aromatic carbocycles. The number of nitriles is 2. The van der Waals surface area contributed by atoms with Crippen LogP contribution in [-0.2, 0) is 16.5 Å². The van der Waals surface area contributed by atoms with Gasteiger partial charge in [-0.3, -0.25) is 0 Å². The maximum absolute atomic E-state index is 10.3. The van der Waals surface area contributed by atoms with Gasteiger partial charge in [0.15, 0.2) is 11.4 Å². The summed E-state index contributed by atoms with van der Waals surface area (Å²) < 4.78 is 0. The molecule has 0 unspecified atom stereocenters. The number of aliphatic imine (C=N–C) groups is 2. The number of aromatic hydroxyl groups is 2. The first-order valence-electron chi connectivity index (χ1n) is 11.2. The monoisotopic (exact) mass is 516 g/mol. The number of nitrogens with zero attached hydrogens (tertiary/aromatic N) is 6. The van der Waals surface area contributed by atoms with Crippen molar-refractivity contribution >= 4 is 23.8 Å². The molecular formula is C26H30N6NiO2. The number of allylic oxidation sites excluding steroid dienone is 2. The molecule has 0 saturated carbocycles. The van der Waals surface area contributed by atoms with Crippen molar-refractivity contribution in [3.05, 3.63) is 58.9 Å². The molecule has 0 spiro atoms. The average molecular weight is 517 g/mol. The topological polar surface area (TPSA) is 119 Å². The van der Waals surface area contributed by atoms with Crippen LogP contribution in [0.1, 0.15) is 38.8 Å². The van der Waals surface area contributed by atoms with Gasteiger partial charge < -0.3 is 20.0 Å². The van der Waals surface area contributed by atoms with Crippen LogP contribution in [0.5, 0.6) is 11.5 Å². The summed E-state index contributed by atoms with van der Waals surface area (Å²) in [5.41, 5.74) is 2.18. The van der Waals surface area contributed by atoms with Crippen molar-refractivity contribution in [2.75, 3.05) is 36.0 Å². The van der Waals surface area contributed by atoms with Gasteiger partial charge in [-0.2, -0.15) is 10.5 Å². The smallest absolute Gasteiger partial charge is 0.176 e. The first-order valence-corrected chi connectivity index (χ1v) is 11.2. The van der Waals surface area contributed by atoms with E-state index in [1.807, 2.05) is 52.0 Å². The molecule has 0 atom stereocenters. The third-order valence-corrected chi connectivity index (χ3v) is 5.39. The van der Waals surface area contributed by atoms with Gasteiger partial charge in [0.25, 0.3) is 0 Å². The summed E-state index contributed by atoms with van der Waals surface area (Å²) in [6.07, 6.45) is 2.65. The minimum absolute atomic E-state index is 0. The van der Waals surface area contributed by atoms with Crippen LogP contribution in [-0.4, -0.2) is 48.8 Å². The van der Waals surface area contributed by atoms with Crippen molar-refractivity contribution < 1.29 is 26.7 Å². The molecule has 0 bridgehead atoms. The van der Waals surface area contributed by atoms with Gasteiger partial charge in [-0.05, 0) is 52.0 Å². The summed E-state index contributed by atoms with van der Waals surface area (Å²) in [5.74, 6) is 0.0383. The minimum atomic E-state index is -0.203. The van der Waals surface area contributed by atoms with E-state index in [9.17, 15) is 20.7 Å². The van der Waals surface area contributed by atoms with Crippen LogP contribution < -0.4 is 9.80 Å². The van der Waals surface area contributed by atoms with Crippen LogP contribution in [0, 0.1) is 22.7 Å². The zero-order chi connectivity index (χ0) is 25.1. The van der Waals surface area contributed by atoms with E-state index in [-0.39, 0.29) is 39.4 Å². The molecule has 0 aliphatic rings. The van der Waals surface area contributed by atoms with Gasteiger partial charge in [0.2, 0.25) is 0 Å². The summed E-state index contributed by atoms with van der Waals surface area (Å²) >= 11 is 0. The Morgan fingerprint density at radius 1 is 0.743 bits per heavy atom. The third-order valence-electron chi connectivity index (χ3n) is 5.39. The second kappa shape index (κ2) is 14.5. The summed E-state index contributed by atoms with van der Waals surface area (Å²) in [6, 6.07) is 14.1. The maximum Gasteiger partial charge on any atom is 0.176 e. The molecule has 0 aliphatic heterocycles. The average Bonchev–Trinajstić information content (AvgIpc) is 2.84. The fraction of sp³-hybridized carbons (Fsp3) is 0.308. The molecular weight excluding hydrogens is 487 g/mol. The largest absolute Gasteiger partial charge is 0.507 e. The van der Waals surface area contributed by atoms with E-state index in [2.05, 4.69) is 19.8 Å². The van der Waals surface area contributed by atoms with Crippen molar-refractivity contribution in [3.63, 3.8) is 0 Å². The van der Waals surface area contributed by atoms with Crippen molar-refractivity contribution in [2.24, 2.45) is 9.98 Å². The number of phenolic OH excluding ortho intramolecular Hbond substituents is 2. The van der Waals surface area contributed by atoms with Crippen molar-refractivity contribution in [2.45, 2.75) is 27.7 Å². The Hall–Kier alpha value is -3.81. The normalized spacial score (nSPS) is 11.5. The zero-order valence-corrected chi connectivity index (χ0v) is 21.3. The molecule has 186 valence electrons.